The molecule has 0 aliphatic carbocycles. The number of hydrogen-bond acceptors (Lipinski definition) is 5. The second kappa shape index (κ2) is 7.98. The highest BCUT2D eigenvalue weighted by atomic mass is 32.2. The predicted octanol–water partition coefficient (Wildman–Crippen LogP) is 4.03. The SMILES string of the molecule is COc1ccc(-n2nc3c(c2NC(=O)C(C)Oc2ccccc2)CSC3)cc1. The van der Waals surface area contributed by atoms with Crippen molar-refractivity contribution in [3.8, 4) is 17.2 Å². The second-order valence-electron chi connectivity index (χ2n) is 6.44. The summed E-state index contributed by atoms with van der Waals surface area (Å²) in [4.78, 5) is 12.8. The normalized spacial score (nSPS) is 13.6. The van der Waals surface area contributed by atoms with Crippen molar-refractivity contribution in [2.75, 3.05) is 12.4 Å². The third-order valence-corrected chi connectivity index (χ3v) is 5.51. The van der Waals surface area contributed by atoms with Gasteiger partial charge in [-0.15, -0.1) is 0 Å². The molecular formula is C21H21N3O3S. The molecule has 0 spiro atoms. The van der Waals surface area contributed by atoms with Crippen LogP contribution in [0.2, 0.25) is 0 Å². The molecule has 0 bridgehead atoms. The van der Waals surface area contributed by atoms with Crippen LogP contribution in [0.1, 0.15) is 18.2 Å². The molecule has 1 atom stereocenters. The smallest absolute Gasteiger partial charge is 0.266 e. The fourth-order valence-electron chi connectivity index (χ4n) is 3.03. The standard InChI is InChI=1S/C21H21N3O3S/c1-14(27-17-6-4-3-5-7-17)21(25)22-20-18-12-28-13-19(18)23-24(20)15-8-10-16(26-2)11-9-15/h3-11,14H,12-13H2,1-2H3,(H,22,25). The van der Waals surface area contributed by atoms with Gasteiger partial charge in [-0.3, -0.25) is 4.79 Å². The number of nitrogens with zero attached hydrogens (tertiary/aromatic N) is 2. The molecule has 2 aromatic carbocycles. The third kappa shape index (κ3) is 3.71. The van der Waals surface area contributed by atoms with Gasteiger partial charge in [0.05, 0.1) is 18.5 Å². The summed E-state index contributed by atoms with van der Waals surface area (Å²) in [6.45, 7) is 1.74. The molecule has 0 fully saturated rings. The lowest BCUT2D eigenvalue weighted by atomic mass is 10.2. The van der Waals surface area contributed by atoms with Gasteiger partial charge >= 0.3 is 0 Å². The Morgan fingerprint density at radius 1 is 1.11 bits per heavy atom. The average molecular weight is 395 g/mol. The Bertz CT molecular complexity index is 971. The lowest BCUT2D eigenvalue weighted by Gasteiger charge is -2.16. The van der Waals surface area contributed by atoms with Crippen molar-refractivity contribution in [2.45, 2.75) is 24.5 Å². The largest absolute Gasteiger partial charge is 0.497 e. The second-order valence-corrected chi connectivity index (χ2v) is 7.42. The summed E-state index contributed by atoms with van der Waals surface area (Å²) in [6.07, 6.45) is -0.633. The first-order chi connectivity index (χ1) is 13.7. The molecule has 6 nitrogen and oxygen atoms in total. The topological polar surface area (TPSA) is 65.4 Å². The highest BCUT2D eigenvalue weighted by Gasteiger charge is 2.26. The molecule has 1 aliphatic heterocycles. The molecule has 0 radical (unpaired) electrons. The van der Waals surface area contributed by atoms with E-state index in [1.165, 1.54) is 0 Å². The van der Waals surface area contributed by atoms with Gasteiger partial charge in [-0.1, -0.05) is 18.2 Å². The number of methoxy groups -OCH3 is 1. The molecule has 4 rings (SSSR count). The molecule has 1 N–H and O–H groups in total. The first-order valence-electron chi connectivity index (χ1n) is 9.01. The van der Waals surface area contributed by atoms with Crippen LogP contribution < -0.4 is 14.8 Å². The van der Waals surface area contributed by atoms with Gasteiger partial charge < -0.3 is 14.8 Å². The maximum absolute atomic E-state index is 12.8. The van der Waals surface area contributed by atoms with Crippen molar-refractivity contribution < 1.29 is 14.3 Å². The number of benzene rings is 2. The Balaban J connectivity index is 1.58. The Hall–Kier alpha value is -2.93. The zero-order valence-electron chi connectivity index (χ0n) is 15.7. The Labute approximate surface area is 167 Å². The fourth-order valence-corrected chi connectivity index (χ4v) is 4.06. The van der Waals surface area contributed by atoms with Gasteiger partial charge in [0.1, 0.15) is 17.3 Å². The van der Waals surface area contributed by atoms with Gasteiger partial charge in [-0.05, 0) is 43.3 Å². The summed E-state index contributed by atoms with van der Waals surface area (Å²) >= 11 is 1.79. The van der Waals surface area contributed by atoms with Crippen molar-refractivity contribution >= 4 is 23.5 Å². The van der Waals surface area contributed by atoms with Crippen LogP contribution in [0.15, 0.2) is 54.6 Å². The number of anilines is 1. The molecule has 1 aliphatic rings. The van der Waals surface area contributed by atoms with Crippen LogP contribution >= 0.6 is 11.8 Å². The fraction of sp³-hybridized carbons (Fsp3) is 0.238. The number of ether oxygens (including phenoxy) is 2. The Morgan fingerprint density at radius 3 is 2.57 bits per heavy atom. The van der Waals surface area contributed by atoms with Gasteiger partial charge in [-0.2, -0.15) is 16.9 Å². The van der Waals surface area contributed by atoms with E-state index < -0.39 is 6.10 Å². The van der Waals surface area contributed by atoms with Crippen molar-refractivity contribution in [1.82, 2.24) is 9.78 Å². The number of aromatic nitrogens is 2. The number of hydrogen-bond donors (Lipinski definition) is 1. The van der Waals surface area contributed by atoms with Gasteiger partial charge in [0, 0.05) is 17.1 Å². The maximum Gasteiger partial charge on any atom is 0.266 e. The van der Waals surface area contributed by atoms with Crippen LogP contribution in [0.3, 0.4) is 0 Å². The highest BCUT2D eigenvalue weighted by Crippen LogP contribution is 2.36. The number of rotatable bonds is 6. The summed E-state index contributed by atoms with van der Waals surface area (Å²) in [5.41, 5.74) is 2.95. The zero-order chi connectivity index (χ0) is 19.5. The van der Waals surface area contributed by atoms with Crippen molar-refractivity contribution in [1.29, 1.82) is 0 Å². The maximum atomic E-state index is 12.8. The highest BCUT2D eigenvalue weighted by molar-refractivity contribution is 7.98. The van der Waals surface area contributed by atoms with E-state index in [2.05, 4.69) is 5.32 Å². The molecule has 144 valence electrons. The molecule has 0 saturated heterocycles. The molecule has 3 aromatic rings. The first kappa shape index (κ1) is 18.4. The van der Waals surface area contributed by atoms with Crippen LogP contribution in [0, 0.1) is 0 Å². The van der Waals surface area contributed by atoms with Crippen LogP contribution in [-0.2, 0) is 16.3 Å². The quantitative estimate of drug-likeness (QED) is 0.683. The molecule has 1 amide bonds. The van der Waals surface area contributed by atoms with E-state index in [0.29, 0.717) is 11.6 Å². The van der Waals surface area contributed by atoms with Crippen molar-refractivity contribution in [2.24, 2.45) is 0 Å². The van der Waals surface area contributed by atoms with E-state index in [1.54, 1.807) is 30.5 Å². The molecule has 2 heterocycles. The van der Waals surface area contributed by atoms with Crippen molar-refractivity contribution in [3.63, 3.8) is 0 Å². The zero-order valence-corrected chi connectivity index (χ0v) is 16.5. The van der Waals surface area contributed by atoms with Crippen LogP contribution in [0.4, 0.5) is 5.82 Å². The number of nitrogens with one attached hydrogen (secondary N) is 1. The van der Waals surface area contributed by atoms with Crippen molar-refractivity contribution in [3.05, 3.63) is 65.9 Å². The van der Waals surface area contributed by atoms with E-state index >= 15 is 0 Å². The molecule has 1 unspecified atom stereocenters. The van der Waals surface area contributed by atoms with E-state index in [9.17, 15) is 4.79 Å². The number of amides is 1. The number of para-hydroxylation sites is 1. The molecule has 28 heavy (non-hydrogen) atoms. The minimum absolute atomic E-state index is 0.210. The Kier molecular flexibility index (Phi) is 5.25. The van der Waals surface area contributed by atoms with Crippen LogP contribution in [0.5, 0.6) is 11.5 Å². The minimum atomic E-state index is -0.633. The summed E-state index contributed by atoms with van der Waals surface area (Å²) in [6, 6.07) is 16.9. The summed E-state index contributed by atoms with van der Waals surface area (Å²) < 4.78 is 12.8. The predicted molar refractivity (Wildman–Crippen MR) is 110 cm³/mol. The van der Waals surface area contributed by atoms with Crippen LogP contribution in [-0.4, -0.2) is 28.9 Å². The lowest BCUT2D eigenvalue weighted by molar-refractivity contribution is -0.122. The number of thioether (sulfide) groups is 1. The molecule has 7 heteroatoms. The monoisotopic (exact) mass is 395 g/mol. The van der Waals surface area contributed by atoms with Gasteiger partial charge in [0.2, 0.25) is 0 Å². The molecule has 0 saturated carbocycles. The molecule has 1 aromatic heterocycles. The van der Waals surface area contributed by atoms with E-state index in [-0.39, 0.29) is 5.91 Å². The lowest BCUT2D eigenvalue weighted by Crippen LogP contribution is -2.31. The van der Waals surface area contributed by atoms with E-state index in [0.717, 1.165) is 34.2 Å². The number of fused-ring (bicyclic) bond motifs is 1. The average Bonchev–Trinajstić information content (AvgIpc) is 3.31. The number of carbonyl (C=O) groups excluding carboxylic acids is 1. The van der Waals surface area contributed by atoms with Gasteiger partial charge in [0.15, 0.2) is 6.10 Å². The summed E-state index contributed by atoms with van der Waals surface area (Å²) in [7, 11) is 1.63. The summed E-state index contributed by atoms with van der Waals surface area (Å²) in [5.74, 6) is 3.60. The third-order valence-electron chi connectivity index (χ3n) is 4.54. The molecular weight excluding hydrogens is 374 g/mol. The van der Waals surface area contributed by atoms with Gasteiger partial charge in [0.25, 0.3) is 5.91 Å². The number of carbonyl (C=O) groups is 1. The Morgan fingerprint density at radius 2 is 1.86 bits per heavy atom. The van der Waals surface area contributed by atoms with E-state index in [1.807, 2.05) is 54.6 Å². The summed E-state index contributed by atoms with van der Waals surface area (Å²) in [5, 5.41) is 7.74. The minimum Gasteiger partial charge on any atom is -0.497 e. The van der Waals surface area contributed by atoms with Gasteiger partial charge in [-0.25, -0.2) is 4.68 Å². The first-order valence-corrected chi connectivity index (χ1v) is 10.2. The van der Waals surface area contributed by atoms with E-state index in [4.69, 9.17) is 14.6 Å². The van der Waals surface area contributed by atoms with Crippen LogP contribution in [0.25, 0.3) is 5.69 Å².